The lowest BCUT2D eigenvalue weighted by Crippen LogP contribution is -2.37. The first-order valence-corrected chi connectivity index (χ1v) is 11.9. The number of hydrogen-bond donors (Lipinski definition) is 0. The van der Waals surface area contributed by atoms with E-state index in [0.29, 0.717) is 5.17 Å². The van der Waals surface area contributed by atoms with E-state index in [9.17, 15) is 13.2 Å². The summed E-state index contributed by atoms with van der Waals surface area (Å²) in [5.74, 6) is 0.0179. The molecule has 0 aromatic heterocycles. The van der Waals surface area contributed by atoms with Gasteiger partial charge in [-0.2, -0.15) is 4.99 Å². The van der Waals surface area contributed by atoms with Gasteiger partial charge in [-0.25, -0.2) is 8.42 Å². The van der Waals surface area contributed by atoms with Crippen molar-refractivity contribution in [3.05, 3.63) is 65.2 Å². The number of benzene rings is 2. The second-order valence-electron chi connectivity index (χ2n) is 7.39. The van der Waals surface area contributed by atoms with Gasteiger partial charge < -0.3 is 4.90 Å². The van der Waals surface area contributed by atoms with Crippen LogP contribution in [-0.2, 0) is 21.1 Å². The smallest absolute Gasteiger partial charge is 0.252 e. The second kappa shape index (κ2) is 7.37. The minimum absolute atomic E-state index is 0.0881. The SMILES string of the molecule is Cc1ccc(N2C(=NC(=O)Cc3ccccc3)S[C@@H]3CS(=O)(=O)C[C@@H]32)cc1C. The molecule has 2 fully saturated rings. The summed E-state index contributed by atoms with van der Waals surface area (Å²) < 4.78 is 24.3. The fraction of sp³-hybridized carbons (Fsp3) is 0.333. The van der Waals surface area contributed by atoms with Crippen LogP contribution in [0.2, 0.25) is 0 Å². The average molecular weight is 415 g/mol. The molecule has 4 rings (SSSR count). The van der Waals surface area contributed by atoms with Gasteiger partial charge in [0, 0.05) is 10.9 Å². The number of aliphatic imine (C=N–C) groups is 1. The Hall–Kier alpha value is -2.12. The summed E-state index contributed by atoms with van der Waals surface area (Å²) in [5.41, 5.74) is 4.11. The zero-order valence-electron chi connectivity index (χ0n) is 15.8. The summed E-state index contributed by atoms with van der Waals surface area (Å²) in [7, 11) is -3.07. The van der Waals surface area contributed by atoms with Crippen molar-refractivity contribution in [3.63, 3.8) is 0 Å². The molecule has 0 spiro atoms. The lowest BCUT2D eigenvalue weighted by molar-refractivity contribution is -0.117. The highest BCUT2D eigenvalue weighted by atomic mass is 32.2. The summed E-state index contributed by atoms with van der Waals surface area (Å²) in [6, 6.07) is 15.4. The van der Waals surface area contributed by atoms with E-state index in [2.05, 4.69) is 4.99 Å². The molecule has 1 amide bonds. The number of nitrogens with zero attached hydrogens (tertiary/aromatic N) is 2. The van der Waals surface area contributed by atoms with Gasteiger partial charge in [0.1, 0.15) is 0 Å². The average Bonchev–Trinajstić information content (AvgIpc) is 3.09. The Morgan fingerprint density at radius 1 is 1.11 bits per heavy atom. The first kappa shape index (κ1) is 19.2. The van der Waals surface area contributed by atoms with Gasteiger partial charge in [-0.05, 0) is 42.7 Å². The minimum atomic E-state index is -3.07. The molecular weight excluding hydrogens is 392 g/mol. The zero-order valence-corrected chi connectivity index (χ0v) is 17.5. The quantitative estimate of drug-likeness (QED) is 0.772. The largest absolute Gasteiger partial charge is 0.316 e. The molecule has 7 heteroatoms. The van der Waals surface area contributed by atoms with Crippen LogP contribution in [-0.4, -0.2) is 42.3 Å². The van der Waals surface area contributed by atoms with E-state index in [0.717, 1.165) is 16.8 Å². The van der Waals surface area contributed by atoms with Gasteiger partial charge in [0.2, 0.25) is 0 Å². The van der Waals surface area contributed by atoms with E-state index in [-0.39, 0.29) is 35.1 Å². The second-order valence-corrected chi connectivity index (χ2v) is 10.7. The molecule has 0 saturated carbocycles. The molecular formula is C21H22N2O3S2. The van der Waals surface area contributed by atoms with Crippen LogP contribution < -0.4 is 4.90 Å². The molecule has 2 aromatic rings. The Kier molecular flexibility index (Phi) is 5.05. The zero-order chi connectivity index (χ0) is 19.9. The number of carbonyl (C=O) groups is 1. The van der Waals surface area contributed by atoms with Gasteiger partial charge >= 0.3 is 0 Å². The van der Waals surface area contributed by atoms with Crippen LogP contribution in [0.15, 0.2) is 53.5 Å². The Labute approximate surface area is 169 Å². The Morgan fingerprint density at radius 3 is 2.57 bits per heavy atom. The van der Waals surface area contributed by atoms with Crippen molar-refractivity contribution in [2.75, 3.05) is 16.4 Å². The van der Waals surface area contributed by atoms with Crippen LogP contribution in [0.25, 0.3) is 0 Å². The molecule has 146 valence electrons. The van der Waals surface area contributed by atoms with E-state index < -0.39 is 9.84 Å². The molecule has 2 aromatic carbocycles. The first-order valence-electron chi connectivity index (χ1n) is 9.21. The predicted molar refractivity (Wildman–Crippen MR) is 115 cm³/mol. The highest BCUT2D eigenvalue weighted by Gasteiger charge is 2.49. The maximum atomic E-state index is 12.6. The van der Waals surface area contributed by atoms with E-state index >= 15 is 0 Å². The third-order valence-corrected chi connectivity index (χ3v) is 8.46. The number of amidine groups is 1. The Bertz CT molecular complexity index is 1050. The van der Waals surface area contributed by atoms with E-state index in [4.69, 9.17) is 0 Å². The molecule has 2 heterocycles. The third-order valence-electron chi connectivity index (χ3n) is 5.25. The highest BCUT2D eigenvalue weighted by Crippen LogP contribution is 2.41. The molecule has 5 nitrogen and oxygen atoms in total. The molecule has 0 bridgehead atoms. The van der Waals surface area contributed by atoms with Crippen LogP contribution in [0.5, 0.6) is 0 Å². The van der Waals surface area contributed by atoms with Gasteiger partial charge in [0.05, 0.1) is 24.0 Å². The lowest BCUT2D eigenvalue weighted by Gasteiger charge is -2.25. The standard InChI is InChI=1S/C21H22N2O3S2/c1-14-8-9-17(10-15(14)2)23-18-12-28(25,26)13-19(18)27-21(23)22-20(24)11-16-6-4-3-5-7-16/h3-10,18-19H,11-13H2,1-2H3/t18-,19+/m0/s1. The van der Waals surface area contributed by atoms with Crippen molar-refractivity contribution in [1.29, 1.82) is 0 Å². The molecule has 2 atom stereocenters. The van der Waals surface area contributed by atoms with Crippen molar-refractivity contribution >= 4 is 38.4 Å². The molecule has 2 aliphatic heterocycles. The maximum Gasteiger partial charge on any atom is 0.252 e. The van der Waals surface area contributed by atoms with Gasteiger partial charge in [-0.1, -0.05) is 48.2 Å². The highest BCUT2D eigenvalue weighted by molar-refractivity contribution is 8.16. The monoisotopic (exact) mass is 414 g/mol. The summed E-state index contributed by atoms with van der Waals surface area (Å²) in [6.45, 7) is 4.07. The Morgan fingerprint density at radius 2 is 1.86 bits per heavy atom. The summed E-state index contributed by atoms with van der Waals surface area (Å²) in [4.78, 5) is 18.9. The molecule has 0 N–H and O–H groups in total. The number of sulfone groups is 1. The molecule has 2 saturated heterocycles. The van der Waals surface area contributed by atoms with Crippen molar-refractivity contribution in [1.82, 2.24) is 0 Å². The fourth-order valence-corrected chi connectivity index (χ4v) is 7.59. The number of thioether (sulfide) groups is 1. The normalized spacial score (nSPS) is 24.5. The van der Waals surface area contributed by atoms with E-state index in [1.807, 2.05) is 67.3 Å². The number of aryl methyl sites for hydroxylation is 2. The van der Waals surface area contributed by atoms with Gasteiger partial charge in [-0.3, -0.25) is 4.79 Å². The fourth-order valence-electron chi connectivity index (χ4n) is 3.66. The van der Waals surface area contributed by atoms with Crippen LogP contribution in [0.3, 0.4) is 0 Å². The molecule has 0 aliphatic carbocycles. The predicted octanol–water partition coefficient (Wildman–Crippen LogP) is 3.15. The lowest BCUT2D eigenvalue weighted by atomic mass is 10.1. The van der Waals surface area contributed by atoms with Crippen LogP contribution in [0.1, 0.15) is 16.7 Å². The van der Waals surface area contributed by atoms with Crippen molar-refractivity contribution < 1.29 is 13.2 Å². The van der Waals surface area contributed by atoms with E-state index in [1.54, 1.807) is 0 Å². The summed E-state index contributed by atoms with van der Waals surface area (Å²) in [6.07, 6.45) is 0.235. The molecule has 28 heavy (non-hydrogen) atoms. The Balaban J connectivity index is 1.67. The third kappa shape index (κ3) is 3.86. The van der Waals surface area contributed by atoms with Crippen LogP contribution in [0.4, 0.5) is 5.69 Å². The number of amides is 1. The number of fused-ring (bicyclic) bond motifs is 1. The topological polar surface area (TPSA) is 66.8 Å². The number of carbonyl (C=O) groups excluding carboxylic acids is 1. The summed E-state index contributed by atoms with van der Waals surface area (Å²) in [5, 5.41) is 0.518. The number of hydrogen-bond acceptors (Lipinski definition) is 4. The van der Waals surface area contributed by atoms with Gasteiger partial charge in [0.25, 0.3) is 5.91 Å². The summed E-state index contributed by atoms with van der Waals surface area (Å²) >= 11 is 1.41. The molecule has 0 radical (unpaired) electrons. The van der Waals surface area contributed by atoms with Gasteiger partial charge in [-0.15, -0.1) is 0 Å². The minimum Gasteiger partial charge on any atom is -0.316 e. The number of anilines is 1. The molecule has 0 unspecified atom stereocenters. The van der Waals surface area contributed by atoms with Crippen molar-refractivity contribution in [2.24, 2.45) is 4.99 Å². The van der Waals surface area contributed by atoms with Crippen molar-refractivity contribution in [2.45, 2.75) is 31.6 Å². The van der Waals surface area contributed by atoms with Crippen molar-refractivity contribution in [3.8, 4) is 0 Å². The van der Waals surface area contributed by atoms with Crippen LogP contribution >= 0.6 is 11.8 Å². The molecule has 2 aliphatic rings. The first-order chi connectivity index (χ1) is 13.3. The van der Waals surface area contributed by atoms with Gasteiger partial charge in [0.15, 0.2) is 15.0 Å². The maximum absolute atomic E-state index is 12.6. The van der Waals surface area contributed by atoms with E-state index in [1.165, 1.54) is 17.3 Å². The van der Waals surface area contributed by atoms with Crippen LogP contribution in [0, 0.1) is 13.8 Å². The number of rotatable bonds is 3.